The van der Waals surface area contributed by atoms with E-state index < -0.39 is 23.1 Å². The number of ketones is 2. The number of Topliss-reactive ketones (excluding diaryl/α,β-unsaturated/α-hetero) is 2. The van der Waals surface area contributed by atoms with Crippen LogP contribution in [0.3, 0.4) is 0 Å². The van der Waals surface area contributed by atoms with Crippen LogP contribution in [-0.2, 0) is 29.1 Å². The Bertz CT molecular complexity index is 274. The Morgan fingerprint density at radius 1 is 0.889 bits per heavy atom. The van der Waals surface area contributed by atoms with Crippen molar-refractivity contribution in [3.63, 3.8) is 0 Å². The van der Waals surface area contributed by atoms with E-state index in [9.17, 15) is 9.59 Å². The standard InChI is InChI=1S/C10H18O8/c1-5-7(11)9(3,15-13)17-18-10(4,16-14)8(12)6-2/h13-14H,5-6H2,1-4H3. The van der Waals surface area contributed by atoms with E-state index in [1.54, 1.807) is 0 Å². The van der Waals surface area contributed by atoms with Crippen LogP contribution in [-0.4, -0.2) is 33.7 Å². The summed E-state index contributed by atoms with van der Waals surface area (Å²) in [6.07, 6.45) is -0.00230. The van der Waals surface area contributed by atoms with Crippen molar-refractivity contribution in [3.8, 4) is 0 Å². The van der Waals surface area contributed by atoms with Gasteiger partial charge in [0.1, 0.15) is 0 Å². The largest absolute Gasteiger partial charge is 0.293 e. The lowest BCUT2D eigenvalue weighted by Crippen LogP contribution is -2.47. The van der Waals surface area contributed by atoms with E-state index in [0.717, 1.165) is 13.8 Å². The molecule has 2 N–H and O–H groups in total. The van der Waals surface area contributed by atoms with Gasteiger partial charge in [-0.05, 0) is 0 Å². The number of rotatable bonds is 9. The summed E-state index contributed by atoms with van der Waals surface area (Å²) in [5, 5.41) is 17.3. The van der Waals surface area contributed by atoms with E-state index in [4.69, 9.17) is 10.5 Å². The Kier molecular flexibility index (Phi) is 6.54. The van der Waals surface area contributed by atoms with Gasteiger partial charge in [0.05, 0.1) is 0 Å². The number of carbonyl (C=O) groups excluding carboxylic acids is 2. The minimum Gasteiger partial charge on any atom is -0.293 e. The molecule has 0 aliphatic carbocycles. The van der Waals surface area contributed by atoms with Crippen LogP contribution in [0.25, 0.3) is 0 Å². The van der Waals surface area contributed by atoms with Crippen LogP contribution in [0.1, 0.15) is 40.5 Å². The van der Waals surface area contributed by atoms with Crippen LogP contribution in [0.2, 0.25) is 0 Å². The van der Waals surface area contributed by atoms with Gasteiger partial charge in [0.2, 0.25) is 0 Å². The maximum atomic E-state index is 11.4. The molecule has 0 heterocycles. The highest BCUT2D eigenvalue weighted by Crippen LogP contribution is 2.22. The second-order valence-electron chi connectivity index (χ2n) is 3.79. The molecule has 106 valence electrons. The molecular weight excluding hydrogens is 248 g/mol. The number of hydrogen-bond acceptors (Lipinski definition) is 8. The molecule has 0 aromatic heterocycles. The summed E-state index contributed by atoms with van der Waals surface area (Å²) in [6, 6.07) is 0. The summed E-state index contributed by atoms with van der Waals surface area (Å²) in [5.41, 5.74) is 0. The molecule has 0 saturated carbocycles. The van der Waals surface area contributed by atoms with Gasteiger partial charge in [0.25, 0.3) is 11.6 Å². The van der Waals surface area contributed by atoms with E-state index in [0.29, 0.717) is 0 Å². The van der Waals surface area contributed by atoms with Crippen molar-refractivity contribution < 1.29 is 39.7 Å². The summed E-state index contributed by atoms with van der Waals surface area (Å²) in [4.78, 5) is 39.8. The maximum Gasteiger partial charge on any atom is 0.288 e. The number of carbonyl (C=O) groups is 2. The molecule has 0 aliphatic heterocycles. The highest BCUT2D eigenvalue weighted by molar-refractivity contribution is 5.85. The van der Waals surface area contributed by atoms with Gasteiger partial charge in [0, 0.05) is 26.7 Å². The molecule has 8 heteroatoms. The molecule has 8 nitrogen and oxygen atoms in total. The molecule has 0 bridgehead atoms. The third-order valence-electron chi connectivity index (χ3n) is 2.36. The molecular formula is C10H18O8. The Balaban J connectivity index is 4.80. The summed E-state index contributed by atoms with van der Waals surface area (Å²) < 4.78 is 0. The highest BCUT2D eigenvalue weighted by Gasteiger charge is 2.43. The Hall–Kier alpha value is -0.900. The first-order chi connectivity index (χ1) is 8.29. The predicted octanol–water partition coefficient (Wildman–Crippen LogP) is 1.30. The van der Waals surface area contributed by atoms with Crippen LogP contribution < -0.4 is 0 Å². The zero-order valence-corrected chi connectivity index (χ0v) is 10.8. The number of hydrogen-bond donors (Lipinski definition) is 2. The molecule has 0 amide bonds. The molecule has 18 heavy (non-hydrogen) atoms. The smallest absolute Gasteiger partial charge is 0.288 e. The summed E-state index contributed by atoms with van der Waals surface area (Å²) in [6.45, 7) is 5.21. The Labute approximate surface area is 104 Å². The van der Waals surface area contributed by atoms with Crippen LogP contribution >= 0.6 is 0 Å². The van der Waals surface area contributed by atoms with E-state index in [1.165, 1.54) is 13.8 Å². The third kappa shape index (κ3) is 3.80. The molecule has 2 unspecified atom stereocenters. The average Bonchev–Trinajstić information content (AvgIpc) is 2.42. The van der Waals surface area contributed by atoms with Crippen molar-refractivity contribution in [1.82, 2.24) is 0 Å². The van der Waals surface area contributed by atoms with Gasteiger partial charge in [-0.1, -0.05) is 13.8 Å². The zero-order chi connectivity index (χ0) is 14.4. The molecule has 2 atom stereocenters. The molecule has 0 fully saturated rings. The lowest BCUT2D eigenvalue weighted by atomic mass is 10.1. The van der Waals surface area contributed by atoms with Gasteiger partial charge < -0.3 is 0 Å². The van der Waals surface area contributed by atoms with Crippen molar-refractivity contribution in [2.45, 2.75) is 52.1 Å². The SMILES string of the molecule is CCC(=O)C(C)(OO)OOC(C)(OO)C(=O)CC. The topological polar surface area (TPSA) is 112 Å². The average molecular weight is 266 g/mol. The van der Waals surface area contributed by atoms with Crippen LogP contribution in [0.5, 0.6) is 0 Å². The van der Waals surface area contributed by atoms with E-state index >= 15 is 0 Å². The monoisotopic (exact) mass is 266 g/mol. The Morgan fingerprint density at radius 2 is 1.17 bits per heavy atom. The highest BCUT2D eigenvalue weighted by atomic mass is 17.3. The summed E-state index contributed by atoms with van der Waals surface area (Å²) in [5.74, 6) is -5.48. The second kappa shape index (κ2) is 6.88. The van der Waals surface area contributed by atoms with Gasteiger partial charge in [-0.25, -0.2) is 10.5 Å². The molecule has 0 radical (unpaired) electrons. The van der Waals surface area contributed by atoms with E-state index in [-0.39, 0.29) is 12.8 Å². The van der Waals surface area contributed by atoms with Gasteiger partial charge in [0.15, 0.2) is 11.6 Å². The molecule has 0 aromatic rings. The summed E-state index contributed by atoms with van der Waals surface area (Å²) >= 11 is 0. The first kappa shape index (κ1) is 17.1. The predicted molar refractivity (Wildman–Crippen MR) is 57.0 cm³/mol. The molecule has 0 rings (SSSR count). The van der Waals surface area contributed by atoms with Crippen molar-refractivity contribution in [2.24, 2.45) is 0 Å². The van der Waals surface area contributed by atoms with Gasteiger partial charge >= 0.3 is 0 Å². The van der Waals surface area contributed by atoms with Crippen LogP contribution in [0.15, 0.2) is 0 Å². The lowest BCUT2D eigenvalue weighted by Gasteiger charge is -2.28. The fourth-order valence-corrected chi connectivity index (χ4v) is 1.03. The van der Waals surface area contributed by atoms with Gasteiger partial charge in [-0.2, -0.15) is 19.6 Å². The Morgan fingerprint density at radius 3 is 1.33 bits per heavy atom. The fourth-order valence-electron chi connectivity index (χ4n) is 1.03. The van der Waals surface area contributed by atoms with Crippen molar-refractivity contribution in [1.29, 1.82) is 0 Å². The molecule has 0 aromatic carbocycles. The molecule has 0 saturated heterocycles. The van der Waals surface area contributed by atoms with E-state index in [1.807, 2.05) is 0 Å². The first-order valence-electron chi connectivity index (χ1n) is 5.38. The fraction of sp³-hybridized carbons (Fsp3) is 0.800. The lowest BCUT2D eigenvalue weighted by molar-refractivity contribution is -0.542. The first-order valence-corrected chi connectivity index (χ1v) is 5.38. The normalized spacial score (nSPS) is 17.9. The molecule has 0 aliphatic rings. The van der Waals surface area contributed by atoms with Crippen molar-refractivity contribution >= 4 is 11.6 Å². The van der Waals surface area contributed by atoms with Crippen LogP contribution in [0.4, 0.5) is 0 Å². The molecule has 0 spiro atoms. The third-order valence-corrected chi connectivity index (χ3v) is 2.36. The quantitative estimate of drug-likeness (QED) is 0.365. The van der Waals surface area contributed by atoms with Crippen LogP contribution in [0, 0.1) is 0 Å². The zero-order valence-electron chi connectivity index (χ0n) is 10.8. The second-order valence-corrected chi connectivity index (χ2v) is 3.79. The summed E-state index contributed by atoms with van der Waals surface area (Å²) in [7, 11) is 0. The minimum atomic E-state index is -2.11. The van der Waals surface area contributed by atoms with E-state index in [2.05, 4.69) is 19.6 Å². The van der Waals surface area contributed by atoms with Gasteiger partial charge in [-0.15, -0.1) is 0 Å². The minimum absolute atomic E-state index is 0.00115. The van der Waals surface area contributed by atoms with Gasteiger partial charge in [-0.3, -0.25) is 9.59 Å². The van der Waals surface area contributed by atoms with Crippen molar-refractivity contribution in [3.05, 3.63) is 0 Å². The van der Waals surface area contributed by atoms with Crippen molar-refractivity contribution in [2.75, 3.05) is 0 Å². The maximum absolute atomic E-state index is 11.4.